The maximum absolute atomic E-state index is 5.43. The van der Waals surface area contributed by atoms with Gasteiger partial charge in [-0.15, -0.1) is 0 Å². The van der Waals surface area contributed by atoms with Crippen LogP contribution in [0.15, 0.2) is 36.7 Å². The lowest BCUT2D eigenvalue weighted by atomic mass is 10.0. The fraction of sp³-hybridized carbons (Fsp3) is 0.524. The molecule has 2 aromatic rings. The van der Waals surface area contributed by atoms with Gasteiger partial charge in [-0.1, -0.05) is 12.1 Å². The highest BCUT2D eigenvalue weighted by atomic mass is 16.5. The summed E-state index contributed by atoms with van der Waals surface area (Å²) in [6, 6.07) is 10.8. The molecule has 2 aliphatic heterocycles. The van der Waals surface area contributed by atoms with E-state index in [0.717, 1.165) is 69.7 Å². The molecule has 1 atom stereocenters. The molecule has 1 aromatic heterocycles. The van der Waals surface area contributed by atoms with Crippen molar-refractivity contribution >= 4 is 11.6 Å². The highest BCUT2D eigenvalue weighted by Gasteiger charge is 2.21. The second-order valence-electron chi connectivity index (χ2n) is 7.43. The van der Waals surface area contributed by atoms with Gasteiger partial charge in [-0.2, -0.15) is 0 Å². The van der Waals surface area contributed by atoms with Gasteiger partial charge in [0, 0.05) is 38.3 Å². The number of rotatable bonds is 6. The van der Waals surface area contributed by atoms with Gasteiger partial charge in [0.05, 0.1) is 20.3 Å². The maximum atomic E-state index is 5.43. The zero-order chi connectivity index (χ0) is 19.2. The molecule has 7 nitrogen and oxygen atoms in total. The predicted molar refractivity (Wildman–Crippen MR) is 110 cm³/mol. The molecule has 28 heavy (non-hydrogen) atoms. The van der Waals surface area contributed by atoms with Gasteiger partial charge in [-0.3, -0.25) is 4.90 Å². The number of hydrogen-bond donors (Lipinski definition) is 1. The minimum Gasteiger partial charge on any atom is -0.497 e. The van der Waals surface area contributed by atoms with Crippen LogP contribution in [-0.4, -0.2) is 67.4 Å². The third kappa shape index (κ3) is 4.91. The van der Waals surface area contributed by atoms with Crippen LogP contribution in [0.2, 0.25) is 0 Å². The third-order valence-corrected chi connectivity index (χ3v) is 5.39. The van der Waals surface area contributed by atoms with E-state index in [4.69, 9.17) is 9.47 Å². The molecule has 1 aromatic carbocycles. The number of anilines is 2. The molecule has 1 N–H and O–H groups in total. The Labute approximate surface area is 166 Å². The molecular formula is C21H29N5O2. The third-order valence-electron chi connectivity index (χ3n) is 5.39. The lowest BCUT2D eigenvalue weighted by Gasteiger charge is -2.33. The average molecular weight is 383 g/mol. The van der Waals surface area contributed by atoms with E-state index < -0.39 is 0 Å². The summed E-state index contributed by atoms with van der Waals surface area (Å²) < 4.78 is 10.8. The summed E-state index contributed by atoms with van der Waals surface area (Å²) in [5, 5.41) is 3.62. The number of benzene rings is 1. The molecule has 150 valence electrons. The van der Waals surface area contributed by atoms with Gasteiger partial charge in [-0.05, 0) is 37.1 Å². The van der Waals surface area contributed by atoms with E-state index in [1.807, 2.05) is 6.07 Å². The second kappa shape index (κ2) is 9.21. The molecule has 7 heteroatoms. The van der Waals surface area contributed by atoms with E-state index >= 15 is 0 Å². The zero-order valence-corrected chi connectivity index (χ0v) is 16.5. The fourth-order valence-electron chi connectivity index (χ4n) is 3.95. The quantitative estimate of drug-likeness (QED) is 0.822. The van der Waals surface area contributed by atoms with Crippen molar-refractivity contribution in [3.05, 3.63) is 42.2 Å². The van der Waals surface area contributed by atoms with Gasteiger partial charge >= 0.3 is 0 Å². The Kier molecular flexibility index (Phi) is 6.24. The highest BCUT2D eigenvalue weighted by molar-refractivity contribution is 5.49. The van der Waals surface area contributed by atoms with Crippen LogP contribution >= 0.6 is 0 Å². The SMILES string of the molecule is COc1cccc(CN2CCC[C@@H](Nc3cc(N4CCOCC4)ncn3)C2)c1. The number of likely N-dealkylation sites (tertiary alicyclic amines) is 1. The summed E-state index contributed by atoms with van der Waals surface area (Å²) in [6.07, 6.45) is 4.00. The van der Waals surface area contributed by atoms with Crippen molar-refractivity contribution in [3.63, 3.8) is 0 Å². The molecule has 0 amide bonds. The minimum atomic E-state index is 0.395. The smallest absolute Gasteiger partial charge is 0.134 e. The van der Waals surface area contributed by atoms with Crippen molar-refractivity contribution in [2.24, 2.45) is 0 Å². The molecule has 2 aliphatic rings. The van der Waals surface area contributed by atoms with E-state index in [2.05, 4.69) is 49.4 Å². The first-order chi connectivity index (χ1) is 13.8. The molecule has 3 heterocycles. The number of piperidine rings is 1. The molecular weight excluding hydrogens is 354 g/mol. The summed E-state index contributed by atoms with van der Waals surface area (Å²) >= 11 is 0. The Morgan fingerprint density at radius 2 is 2.07 bits per heavy atom. The molecule has 0 bridgehead atoms. The molecule has 0 radical (unpaired) electrons. The summed E-state index contributed by atoms with van der Waals surface area (Å²) in [7, 11) is 1.72. The van der Waals surface area contributed by atoms with Crippen LogP contribution in [0, 0.1) is 0 Å². The van der Waals surface area contributed by atoms with Gasteiger partial charge in [0.25, 0.3) is 0 Å². The number of nitrogens with one attached hydrogen (secondary N) is 1. The zero-order valence-electron chi connectivity index (χ0n) is 16.5. The van der Waals surface area contributed by atoms with Crippen molar-refractivity contribution < 1.29 is 9.47 Å². The lowest BCUT2D eigenvalue weighted by molar-refractivity contribution is 0.122. The molecule has 0 spiro atoms. The first-order valence-electron chi connectivity index (χ1n) is 10.1. The maximum Gasteiger partial charge on any atom is 0.134 e. The number of methoxy groups -OCH3 is 1. The first-order valence-corrected chi connectivity index (χ1v) is 10.1. The van der Waals surface area contributed by atoms with Gasteiger partial charge in [0.2, 0.25) is 0 Å². The Morgan fingerprint density at radius 3 is 2.93 bits per heavy atom. The first kappa shape index (κ1) is 19.0. The van der Waals surface area contributed by atoms with Gasteiger partial charge in [-0.25, -0.2) is 9.97 Å². The van der Waals surface area contributed by atoms with Crippen LogP contribution in [0.4, 0.5) is 11.6 Å². The Hall–Kier alpha value is -2.38. The standard InChI is InChI=1S/C21H29N5O2/c1-27-19-6-2-4-17(12-19)14-25-7-3-5-18(15-25)24-20-13-21(23-16-22-20)26-8-10-28-11-9-26/h2,4,6,12-13,16,18H,3,5,7-11,14-15H2,1H3,(H,22,23,24)/t18-/m1/s1. The Morgan fingerprint density at radius 1 is 1.18 bits per heavy atom. The number of morpholine rings is 1. The second-order valence-corrected chi connectivity index (χ2v) is 7.43. The normalized spacial score (nSPS) is 20.8. The summed E-state index contributed by atoms with van der Waals surface area (Å²) in [4.78, 5) is 13.6. The van der Waals surface area contributed by atoms with Crippen molar-refractivity contribution in [1.82, 2.24) is 14.9 Å². The molecule has 2 saturated heterocycles. The van der Waals surface area contributed by atoms with E-state index in [1.165, 1.54) is 12.0 Å². The van der Waals surface area contributed by atoms with Crippen molar-refractivity contribution in [1.29, 1.82) is 0 Å². The number of aromatic nitrogens is 2. The van der Waals surface area contributed by atoms with Crippen LogP contribution in [0.3, 0.4) is 0 Å². The van der Waals surface area contributed by atoms with Crippen molar-refractivity contribution in [2.75, 3.05) is 56.7 Å². The van der Waals surface area contributed by atoms with E-state index in [1.54, 1.807) is 13.4 Å². The van der Waals surface area contributed by atoms with Crippen LogP contribution < -0.4 is 15.0 Å². The van der Waals surface area contributed by atoms with Crippen LogP contribution in [0.25, 0.3) is 0 Å². The van der Waals surface area contributed by atoms with Crippen LogP contribution in [0.1, 0.15) is 18.4 Å². The summed E-state index contributed by atoms with van der Waals surface area (Å²) in [5.74, 6) is 2.80. The molecule has 0 aliphatic carbocycles. The van der Waals surface area contributed by atoms with E-state index in [9.17, 15) is 0 Å². The van der Waals surface area contributed by atoms with E-state index in [0.29, 0.717) is 6.04 Å². The van der Waals surface area contributed by atoms with E-state index in [-0.39, 0.29) is 0 Å². The monoisotopic (exact) mass is 383 g/mol. The summed E-state index contributed by atoms with van der Waals surface area (Å²) in [6.45, 7) is 6.36. The van der Waals surface area contributed by atoms with Gasteiger partial charge in [0.15, 0.2) is 0 Å². The Bertz CT molecular complexity index is 766. The molecule has 0 unspecified atom stereocenters. The number of hydrogen-bond acceptors (Lipinski definition) is 7. The molecule has 0 saturated carbocycles. The number of nitrogens with zero attached hydrogens (tertiary/aromatic N) is 4. The fourth-order valence-corrected chi connectivity index (χ4v) is 3.95. The number of ether oxygens (including phenoxy) is 2. The highest BCUT2D eigenvalue weighted by Crippen LogP contribution is 2.21. The lowest BCUT2D eigenvalue weighted by Crippen LogP contribution is -2.41. The summed E-state index contributed by atoms with van der Waals surface area (Å²) in [5.41, 5.74) is 1.29. The van der Waals surface area contributed by atoms with Crippen LogP contribution in [0.5, 0.6) is 5.75 Å². The Balaban J connectivity index is 1.35. The predicted octanol–water partition coefficient (Wildman–Crippen LogP) is 2.40. The van der Waals surface area contributed by atoms with Gasteiger partial charge < -0.3 is 19.7 Å². The molecule has 2 fully saturated rings. The topological polar surface area (TPSA) is 62.8 Å². The van der Waals surface area contributed by atoms with Crippen molar-refractivity contribution in [3.8, 4) is 5.75 Å². The van der Waals surface area contributed by atoms with Gasteiger partial charge in [0.1, 0.15) is 23.7 Å². The largest absolute Gasteiger partial charge is 0.497 e. The minimum absolute atomic E-state index is 0.395. The van der Waals surface area contributed by atoms with Crippen molar-refractivity contribution in [2.45, 2.75) is 25.4 Å². The average Bonchev–Trinajstić information content (AvgIpc) is 2.75. The van der Waals surface area contributed by atoms with Crippen LogP contribution in [-0.2, 0) is 11.3 Å². The molecule has 4 rings (SSSR count).